The van der Waals surface area contributed by atoms with Crippen LogP contribution in [-0.4, -0.2) is 28.4 Å². The van der Waals surface area contributed by atoms with E-state index in [1.807, 2.05) is 90.1 Å². The van der Waals surface area contributed by atoms with Crippen LogP contribution < -0.4 is 14.9 Å². The van der Waals surface area contributed by atoms with Gasteiger partial charge in [-0.2, -0.15) is 5.10 Å². The molecular weight excluding hydrogens is 458 g/mol. The second kappa shape index (κ2) is 8.73. The molecule has 1 amide bonds. The van der Waals surface area contributed by atoms with Gasteiger partial charge >= 0.3 is 0 Å². The van der Waals surface area contributed by atoms with Crippen LogP contribution in [0.1, 0.15) is 11.1 Å². The first-order chi connectivity index (χ1) is 17.2. The molecule has 0 saturated carbocycles. The average Bonchev–Trinajstić information content (AvgIpc) is 3.47. The number of fused-ring (bicyclic) bond motifs is 2. The Kier molecular flexibility index (Phi) is 5.27. The molecule has 0 atom stereocenters. The summed E-state index contributed by atoms with van der Waals surface area (Å²) in [6, 6.07) is 21.9. The maximum Gasteiger partial charge on any atom is 0.262 e. The van der Waals surface area contributed by atoms with E-state index < -0.39 is 0 Å². The SMILES string of the molecule is Cc1ccccc1N=c1scc(-c2ccc3c(c2)NC(=O)CO3)n1N=Cc1c[nH]c2ccccc12. The number of hydrogen-bond acceptors (Lipinski definition) is 5. The first-order valence-corrected chi connectivity index (χ1v) is 12.0. The zero-order valence-corrected chi connectivity index (χ0v) is 19.7. The van der Waals surface area contributed by atoms with E-state index in [1.54, 1.807) is 0 Å². The van der Waals surface area contributed by atoms with Crippen molar-refractivity contribution in [2.45, 2.75) is 6.92 Å². The summed E-state index contributed by atoms with van der Waals surface area (Å²) in [5.74, 6) is 0.489. The number of aromatic amines is 1. The molecule has 6 rings (SSSR count). The van der Waals surface area contributed by atoms with E-state index in [-0.39, 0.29) is 12.5 Å². The third kappa shape index (κ3) is 4.04. The Hall–Kier alpha value is -4.43. The van der Waals surface area contributed by atoms with Crippen molar-refractivity contribution in [2.75, 3.05) is 11.9 Å². The van der Waals surface area contributed by atoms with Crippen molar-refractivity contribution in [3.05, 3.63) is 94.2 Å². The zero-order valence-electron chi connectivity index (χ0n) is 18.9. The highest BCUT2D eigenvalue weighted by Crippen LogP contribution is 2.33. The van der Waals surface area contributed by atoms with E-state index in [4.69, 9.17) is 14.8 Å². The molecule has 8 heteroatoms. The Balaban J connectivity index is 1.50. The minimum Gasteiger partial charge on any atom is -0.482 e. The molecule has 3 heterocycles. The Bertz CT molecular complexity index is 1670. The second-order valence-corrected chi connectivity index (χ2v) is 9.03. The number of hydrogen-bond donors (Lipinski definition) is 2. The molecule has 7 nitrogen and oxygen atoms in total. The number of nitrogens with zero attached hydrogens (tertiary/aromatic N) is 3. The molecule has 35 heavy (non-hydrogen) atoms. The van der Waals surface area contributed by atoms with Gasteiger partial charge in [-0.25, -0.2) is 9.67 Å². The van der Waals surface area contributed by atoms with Crippen molar-refractivity contribution in [1.29, 1.82) is 0 Å². The summed E-state index contributed by atoms with van der Waals surface area (Å²) in [6.45, 7) is 2.07. The lowest BCUT2D eigenvalue weighted by atomic mass is 10.1. The maximum absolute atomic E-state index is 11.8. The number of nitrogens with one attached hydrogen (secondary N) is 2. The van der Waals surface area contributed by atoms with Crippen LogP contribution >= 0.6 is 11.3 Å². The largest absolute Gasteiger partial charge is 0.482 e. The first-order valence-electron chi connectivity index (χ1n) is 11.1. The van der Waals surface area contributed by atoms with Crippen LogP contribution in [0.5, 0.6) is 5.75 Å². The van der Waals surface area contributed by atoms with Crippen molar-refractivity contribution < 1.29 is 9.53 Å². The van der Waals surface area contributed by atoms with E-state index in [9.17, 15) is 4.79 Å². The summed E-state index contributed by atoms with van der Waals surface area (Å²) < 4.78 is 7.36. The van der Waals surface area contributed by atoms with Crippen molar-refractivity contribution in [1.82, 2.24) is 9.66 Å². The van der Waals surface area contributed by atoms with Gasteiger partial charge in [0.05, 0.1) is 23.3 Å². The standard InChI is InChI=1S/C27H21N5O2S/c1-17-6-2-4-8-21(17)31-27-32(29-14-19-13-28-22-9-5-3-7-20(19)22)24(16-35-27)18-10-11-25-23(12-18)30-26(33)15-34-25/h2-14,16,28H,15H2,1H3,(H,30,33). The molecule has 3 aromatic carbocycles. The number of para-hydroxylation sites is 2. The first kappa shape index (κ1) is 21.1. The Morgan fingerprint density at radius 2 is 1.94 bits per heavy atom. The highest BCUT2D eigenvalue weighted by atomic mass is 32.1. The summed E-state index contributed by atoms with van der Waals surface area (Å²) in [7, 11) is 0. The number of rotatable bonds is 4. The van der Waals surface area contributed by atoms with Crippen molar-refractivity contribution >= 4 is 45.7 Å². The fraction of sp³-hybridized carbons (Fsp3) is 0.0741. The molecule has 0 saturated heterocycles. The molecule has 1 aliphatic rings. The van der Waals surface area contributed by atoms with Gasteiger partial charge in [-0.15, -0.1) is 11.3 Å². The summed E-state index contributed by atoms with van der Waals surface area (Å²) in [6.07, 6.45) is 3.79. The molecule has 2 aromatic heterocycles. The van der Waals surface area contributed by atoms with Crippen LogP contribution in [0.2, 0.25) is 0 Å². The lowest BCUT2D eigenvalue weighted by molar-refractivity contribution is -0.118. The van der Waals surface area contributed by atoms with Gasteiger partial charge in [-0.05, 0) is 42.8 Å². The fourth-order valence-electron chi connectivity index (χ4n) is 4.04. The van der Waals surface area contributed by atoms with Gasteiger partial charge in [0.15, 0.2) is 6.61 Å². The van der Waals surface area contributed by atoms with E-state index in [0.29, 0.717) is 11.4 Å². The minimum atomic E-state index is -0.166. The molecule has 172 valence electrons. The molecule has 0 bridgehead atoms. The maximum atomic E-state index is 11.8. The van der Waals surface area contributed by atoms with Crippen LogP contribution in [0.4, 0.5) is 11.4 Å². The Labute approximate surface area is 205 Å². The smallest absolute Gasteiger partial charge is 0.262 e. The number of ether oxygens (including phenoxy) is 1. The lowest BCUT2D eigenvalue weighted by Crippen LogP contribution is -2.25. The number of H-pyrrole nitrogens is 1. The van der Waals surface area contributed by atoms with Gasteiger partial charge in [-0.1, -0.05) is 36.4 Å². The lowest BCUT2D eigenvalue weighted by Gasteiger charge is -2.18. The molecular formula is C27H21N5O2S. The molecule has 0 spiro atoms. The van der Waals surface area contributed by atoms with Gasteiger partial charge in [0.25, 0.3) is 5.91 Å². The quantitative estimate of drug-likeness (QED) is 0.336. The van der Waals surface area contributed by atoms with E-state index >= 15 is 0 Å². The van der Waals surface area contributed by atoms with Crippen LogP contribution in [-0.2, 0) is 4.79 Å². The minimum absolute atomic E-state index is 0.0270. The fourth-order valence-corrected chi connectivity index (χ4v) is 4.89. The number of benzene rings is 3. The molecule has 2 N–H and O–H groups in total. The summed E-state index contributed by atoms with van der Waals surface area (Å²) in [5.41, 5.74) is 6.42. The molecule has 0 fully saturated rings. The van der Waals surface area contributed by atoms with E-state index in [1.165, 1.54) is 11.3 Å². The van der Waals surface area contributed by atoms with Crippen molar-refractivity contribution in [3.8, 4) is 17.0 Å². The summed E-state index contributed by atoms with van der Waals surface area (Å²) >= 11 is 1.51. The number of aromatic nitrogens is 2. The van der Waals surface area contributed by atoms with Crippen LogP contribution in [0, 0.1) is 6.92 Å². The van der Waals surface area contributed by atoms with Crippen molar-refractivity contribution in [2.24, 2.45) is 10.1 Å². The predicted molar refractivity (Wildman–Crippen MR) is 140 cm³/mol. The number of carbonyl (C=O) groups is 1. The Morgan fingerprint density at radius 1 is 1.09 bits per heavy atom. The van der Waals surface area contributed by atoms with Crippen LogP contribution in [0.15, 0.2) is 88.4 Å². The predicted octanol–water partition coefficient (Wildman–Crippen LogP) is 5.45. The van der Waals surface area contributed by atoms with Gasteiger partial charge < -0.3 is 15.0 Å². The highest BCUT2D eigenvalue weighted by molar-refractivity contribution is 7.07. The third-order valence-electron chi connectivity index (χ3n) is 5.86. The van der Waals surface area contributed by atoms with Gasteiger partial charge in [-0.3, -0.25) is 4.79 Å². The number of thiazole rings is 1. The molecule has 5 aromatic rings. The average molecular weight is 480 g/mol. The zero-order chi connectivity index (χ0) is 23.8. The van der Waals surface area contributed by atoms with Gasteiger partial charge in [0.1, 0.15) is 5.75 Å². The second-order valence-electron chi connectivity index (χ2n) is 8.20. The highest BCUT2D eigenvalue weighted by Gasteiger charge is 2.18. The molecule has 0 aliphatic carbocycles. The molecule has 0 radical (unpaired) electrons. The number of amides is 1. The normalized spacial score (nSPS) is 13.7. The topological polar surface area (TPSA) is 83.8 Å². The van der Waals surface area contributed by atoms with Gasteiger partial charge in [0, 0.05) is 33.6 Å². The van der Waals surface area contributed by atoms with Crippen molar-refractivity contribution in [3.63, 3.8) is 0 Å². The number of aryl methyl sites for hydroxylation is 1. The van der Waals surface area contributed by atoms with Crippen LogP contribution in [0.3, 0.4) is 0 Å². The van der Waals surface area contributed by atoms with Gasteiger partial charge in [0.2, 0.25) is 4.80 Å². The molecule has 0 unspecified atom stereocenters. The summed E-state index contributed by atoms with van der Waals surface area (Å²) in [4.78, 5) is 20.8. The summed E-state index contributed by atoms with van der Waals surface area (Å²) in [5, 5.41) is 10.9. The number of anilines is 1. The van der Waals surface area contributed by atoms with Crippen LogP contribution in [0.25, 0.3) is 22.2 Å². The monoisotopic (exact) mass is 479 g/mol. The van der Waals surface area contributed by atoms with E-state index in [2.05, 4.69) is 16.4 Å². The third-order valence-corrected chi connectivity index (χ3v) is 6.67. The number of carbonyl (C=O) groups excluding carboxylic acids is 1. The molecule has 1 aliphatic heterocycles. The van der Waals surface area contributed by atoms with E-state index in [0.717, 1.165) is 43.8 Å². The Morgan fingerprint density at radius 3 is 2.86 bits per heavy atom.